The summed E-state index contributed by atoms with van der Waals surface area (Å²) < 4.78 is 7.39. The highest BCUT2D eigenvalue weighted by Gasteiger charge is 2.28. The summed E-state index contributed by atoms with van der Waals surface area (Å²) in [6, 6.07) is 3.99. The van der Waals surface area contributed by atoms with Crippen LogP contribution < -0.4 is 5.32 Å². The summed E-state index contributed by atoms with van der Waals surface area (Å²) in [5.41, 5.74) is 0. The Balaban J connectivity index is 1.59. The molecule has 6 nitrogen and oxygen atoms in total. The number of aromatic nitrogens is 3. The average Bonchev–Trinajstić information content (AvgIpc) is 3.25. The maximum absolute atomic E-state index is 12.4. The molecule has 0 unspecified atom stereocenters. The van der Waals surface area contributed by atoms with Gasteiger partial charge in [0.15, 0.2) is 16.7 Å². The van der Waals surface area contributed by atoms with Crippen LogP contribution in [0.3, 0.4) is 0 Å². The molecule has 0 saturated heterocycles. The van der Waals surface area contributed by atoms with Crippen molar-refractivity contribution in [3.05, 3.63) is 18.4 Å². The van der Waals surface area contributed by atoms with Crippen LogP contribution in [0.25, 0.3) is 11.6 Å². The zero-order chi connectivity index (χ0) is 17.8. The summed E-state index contributed by atoms with van der Waals surface area (Å²) in [6.45, 7) is 7.28. The number of carbonyl (C=O) groups is 1. The van der Waals surface area contributed by atoms with Gasteiger partial charge in [0.2, 0.25) is 5.91 Å². The van der Waals surface area contributed by atoms with Crippen LogP contribution in [0.15, 0.2) is 28.0 Å². The summed E-state index contributed by atoms with van der Waals surface area (Å²) in [5, 5.41) is 12.4. The van der Waals surface area contributed by atoms with Crippen LogP contribution in [0, 0.1) is 11.8 Å². The lowest BCUT2D eigenvalue weighted by Gasteiger charge is -2.34. The number of hydrogen-bond donors (Lipinski definition) is 1. The quantitative estimate of drug-likeness (QED) is 0.795. The molecule has 1 amide bonds. The Morgan fingerprint density at radius 2 is 2.24 bits per heavy atom. The lowest BCUT2D eigenvalue weighted by Crippen LogP contribution is -2.44. The fourth-order valence-corrected chi connectivity index (χ4v) is 4.25. The highest BCUT2D eigenvalue weighted by Crippen LogP contribution is 2.30. The van der Waals surface area contributed by atoms with E-state index in [1.165, 1.54) is 24.6 Å². The van der Waals surface area contributed by atoms with Crippen molar-refractivity contribution in [3.8, 4) is 11.6 Å². The third-order valence-electron chi connectivity index (χ3n) is 5.16. The normalized spacial score (nSPS) is 23.6. The number of furan rings is 1. The number of carbonyl (C=O) groups excluding carboxylic acids is 1. The van der Waals surface area contributed by atoms with Gasteiger partial charge in [-0.2, -0.15) is 0 Å². The van der Waals surface area contributed by atoms with E-state index in [2.05, 4.69) is 29.4 Å². The number of thioether (sulfide) groups is 1. The highest BCUT2D eigenvalue weighted by molar-refractivity contribution is 7.99. The van der Waals surface area contributed by atoms with E-state index < -0.39 is 0 Å². The standard InChI is InChI=1S/C18H26N4O2S/c1-4-22-17(15-9-6-10-24-15)20-21-18(22)25-11-16(23)19-14-8-5-7-12(2)13(14)3/h6,9-10,12-14H,4-5,7-8,11H2,1-3H3,(H,19,23)/t12-,13-,14-/m1/s1. The zero-order valence-electron chi connectivity index (χ0n) is 15.1. The molecule has 136 valence electrons. The van der Waals surface area contributed by atoms with Crippen LogP contribution >= 0.6 is 11.8 Å². The van der Waals surface area contributed by atoms with Crippen molar-refractivity contribution < 1.29 is 9.21 Å². The minimum Gasteiger partial charge on any atom is -0.461 e. The van der Waals surface area contributed by atoms with Gasteiger partial charge >= 0.3 is 0 Å². The molecule has 1 N–H and O–H groups in total. The molecule has 7 heteroatoms. The fourth-order valence-electron chi connectivity index (χ4n) is 3.43. The van der Waals surface area contributed by atoms with Crippen molar-refractivity contribution in [1.82, 2.24) is 20.1 Å². The summed E-state index contributed by atoms with van der Waals surface area (Å²) in [4.78, 5) is 12.4. The Morgan fingerprint density at radius 1 is 1.40 bits per heavy atom. The van der Waals surface area contributed by atoms with Crippen LogP contribution in [0.5, 0.6) is 0 Å². The van der Waals surface area contributed by atoms with Gasteiger partial charge in [-0.25, -0.2) is 0 Å². The second kappa shape index (κ2) is 8.08. The summed E-state index contributed by atoms with van der Waals surface area (Å²) in [7, 11) is 0. The van der Waals surface area contributed by atoms with Crippen molar-refractivity contribution in [2.75, 3.05) is 5.75 Å². The van der Waals surface area contributed by atoms with E-state index in [0.717, 1.165) is 18.1 Å². The first-order valence-corrected chi connectivity index (χ1v) is 9.98. The van der Waals surface area contributed by atoms with E-state index in [4.69, 9.17) is 4.42 Å². The second-order valence-electron chi connectivity index (χ2n) is 6.76. The molecule has 0 aromatic carbocycles. The minimum absolute atomic E-state index is 0.0705. The third kappa shape index (κ3) is 4.08. The molecule has 2 heterocycles. The number of nitrogens with zero attached hydrogens (tertiary/aromatic N) is 3. The monoisotopic (exact) mass is 362 g/mol. The maximum atomic E-state index is 12.4. The van der Waals surface area contributed by atoms with Gasteiger partial charge in [-0.05, 0) is 37.3 Å². The van der Waals surface area contributed by atoms with Gasteiger partial charge in [-0.3, -0.25) is 9.36 Å². The number of amides is 1. The molecule has 1 aliphatic carbocycles. The van der Waals surface area contributed by atoms with Gasteiger partial charge in [0.05, 0.1) is 12.0 Å². The van der Waals surface area contributed by atoms with E-state index in [-0.39, 0.29) is 5.91 Å². The predicted molar refractivity (Wildman–Crippen MR) is 98.2 cm³/mol. The van der Waals surface area contributed by atoms with Crippen molar-refractivity contribution >= 4 is 17.7 Å². The summed E-state index contributed by atoms with van der Waals surface area (Å²) in [5.74, 6) is 3.02. The van der Waals surface area contributed by atoms with Gasteiger partial charge in [-0.15, -0.1) is 10.2 Å². The fraction of sp³-hybridized carbons (Fsp3) is 0.611. The van der Waals surface area contributed by atoms with Crippen molar-refractivity contribution in [2.45, 2.75) is 57.8 Å². The number of nitrogens with one attached hydrogen (secondary N) is 1. The molecular formula is C18H26N4O2S. The topological polar surface area (TPSA) is 73.0 Å². The first-order valence-electron chi connectivity index (χ1n) is 8.99. The van der Waals surface area contributed by atoms with E-state index in [1.807, 2.05) is 23.6 Å². The predicted octanol–water partition coefficient (Wildman–Crippen LogP) is 3.59. The summed E-state index contributed by atoms with van der Waals surface area (Å²) in [6.07, 6.45) is 5.16. The van der Waals surface area contributed by atoms with E-state index >= 15 is 0 Å². The Bertz CT molecular complexity index is 698. The van der Waals surface area contributed by atoms with Crippen LogP contribution in [-0.2, 0) is 11.3 Å². The van der Waals surface area contributed by atoms with E-state index in [1.54, 1.807) is 6.26 Å². The Hall–Kier alpha value is -1.76. The highest BCUT2D eigenvalue weighted by atomic mass is 32.2. The Kier molecular flexibility index (Phi) is 5.83. The SMILES string of the molecule is CCn1c(SCC(=O)N[C@@H]2CCC[C@@H](C)[C@H]2C)nnc1-c1ccco1. The van der Waals surface area contributed by atoms with Crippen LogP contribution in [0.1, 0.15) is 40.0 Å². The third-order valence-corrected chi connectivity index (χ3v) is 6.13. The molecule has 2 aromatic heterocycles. The Labute approximate surface area is 152 Å². The lowest BCUT2D eigenvalue weighted by molar-refractivity contribution is -0.120. The molecule has 3 atom stereocenters. The van der Waals surface area contributed by atoms with Crippen LogP contribution in [0.2, 0.25) is 0 Å². The number of hydrogen-bond acceptors (Lipinski definition) is 5. The molecule has 25 heavy (non-hydrogen) atoms. The maximum Gasteiger partial charge on any atom is 0.230 e. The molecule has 0 spiro atoms. The minimum atomic E-state index is 0.0705. The molecule has 1 saturated carbocycles. The molecule has 0 aliphatic heterocycles. The van der Waals surface area contributed by atoms with Gasteiger partial charge in [0.1, 0.15) is 0 Å². The molecule has 0 radical (unpaired) electrons. The molecule has 0 bridgehead atoms. The first-order chi connectivity index (χ1) is 12.1. The second-order valence-corrected chi connectivity index (χ2v) is 7.70. The lowest BCUT2D eigenvalue weighted by atomic mass is 9.78. The largest absolute Gasteiger partial charge is 0.461 e. The van der Waals surface area contributed by atoms with Crippen molar-refractivity contribution in [3.63, 3.8) is 0 Å². The van der Waals surface area contributed by atoms with Gasteiger partial charge in [0, 0.05) is 12.6 Å². The number of rotatable bonds is 6. The van der Waals surface area contributed by atoms with Gasteiger partial charge < -0.3 is 9.73 Å². The summed E-state index contributed by atoms with van der Waals surface area (Å²) >= 11 is 1.42. The molecular weight excluding hydrogens is 336 g/mol. The molecule has 1 fully saturated rings. The van der Waals surface area contributed by atoms with Gasteiger partial charge in [-0.1, -0.05) is 38.5 Å². The average molecular weight is 362 g/mol. The molecule has 3 rings (SSSR count). The van der Waals surface area contributed by atoms with Crippen LogP contribution in [-0.4, -0.2) is 32.5 Å². The van der Waals surface area contributed by atoms with E-state index in [0.29, 0.717) is 35.2 Å². The first kappa shape index (κ1) is 18.0. The smallest absolute Gasteiger partial charge is 0.230 e. The van der Waals surface area contributed by atoms with Crippen molar-refractivity contribution in [1.29, 1.82) is 0 Å². The molecule has 1 aliphatic rings. The molecule has 2 aromatic rings. The Morgan fingerprint density at radius 3 is 2.96 bits per heavy atom. The zero-order valence-corrected chi connectivity index (χ0v) is 15.9. The van der Waals surface area contributed by atoms with Crippen molar-refractivity contribution in [2.24, 2.45) is 11.8 Å². The van der Waals surface area contributed by atoms with Gasteiger partial charge in [0.25, 0.3) is 0 Å². The van der Waals surface area contributed by atoms with E-state index in [9.17, 15) is 4.79 Å². The van der Waals surface area contributed by atoms with Crippen LogP contribution in [0.4, 0.5) is 0 Å².